The molecule has 1 unspecified atom stereocenters. The van der Waals surface area contributed by atoms with E-state index in [1.165, 1.54) is 0 Å². The number of pyridine rings is 1. The number of halogens is 3. The summed E-state index contributed by atoms with van der Waals surface area (Å²) in [5, 5.41) is 9.86. The van der Waals surface area contributed by atoms with Crippen molar-refractivity contribution >= 4 is 5.69 Å². The fourth-order valence-corrected chi connectivity index (χ4v) is 4.73. The van der Waals surface area contributed by atoms with Crippen LogP contribution in [0.2, 0.25) is 0 Å². The lowest BCUT2D eigenvalue weighted by Crippen LogP contribution is -2.44. The molecule has 3 aromatic rings. The van der Waals surface area contributed by atoms with E-state index < -0.39 is 24.2 Å². The summed E-state index contributed by atoms with van der Waals surface area (Å²) in [6.07, 6.45) is -4.86. The Morgan fingerprint density at radius 3 is 2.64 bits per heavy atom. The molecule has 1 aromatic heterocycles. The summed E-state index contributed by atoms with van der Waals surface area (Å²) in [7, 11) is 0. The Hall–Kier alpha value is -3.06. The van der Waals surface area contributed by atoms with Crippen molar-refractivity contribution in [2.75, 3.05) is 24.6 Å². The van der Waals surface area contributed by atoms with Crippen LogP contribution < -0.4 is 9.64 Å². The number of aryl methyl sites for hydroxylation is 1. The van der Waals surface area contributed by atoms with Crippen LogP contribution in [0.3, 0.4) is 0 Å². The predicted molar refractivity (Wildman–Crippen MR) is 122 cm³/mol. The van der Waals surface area contributed by atoms with Crippen LogP contribution in [0.15, 0.2) is 66.9 Å². The third kappa shape index (κ3) is 4.69. The Morgan fingerprint density at radius 2 is 1.91 bits per heavy atom. The Kier molecular flexibility index (Phi) is 6.34. The SMILES string of the molecule is CCOc1cc(C2(Cc3cccc(C)c3)CN(C[C@@H](O)C(F)(F)F)c3ccccc32)ccn1. The number of ether oxygens (including phenoxy) is 1. The van der Waals surface area contributed by atoms with Gasteiger partial charge in [-0.05, 0) is 49.1 Å². The number of β-amino-alcohol motifs (C(OH)–C–C–N with tert-alkyl or cyclic N) is 1. The van der Waals surface area contributed by atoms with Gasteiger partial charge in [0.1, 0.15) is 0 Å². The zero-order valence-electron chi connectivity index (χ0n) is 18.6. The van der Waals surface area contributed by atoms with Gasteiger partial charge >= 0.3 is 6.18 Å². The summed E-state index contributed by atoms with van der Waals surface area (Å²) >= 11 is 0. The second-order valence-electron chi connectivity index (χ2n) is 8.52. The molecule has 2 heterocycles. The molecular weight excluding hydrogens is 429 g/mol. The first-order valence-electron chi connectivity index (χ1n) is 11.0. The average Bonchev–Trinajstić information content (AvgIpc) is 3.08. The van der Waals surface area contributed by atoms with Gasteiger partial charge < -0.3 is 14.7 Å². The molecule has 0 fully saturated rings. The molecule has 1 N–H and O–H groups in total. The largest absolute Gasteiger partial charge is 0.478 e. The quantitative estimate of drug-likeness (QED) is 0.540. The number of rotatable bonds is 7. The van der Waals surface area contributed by atoms with Crippen molar-refractivity contribution in [1.82, 2.24) is 4.98 Å². The van der Waals surface area contributed by atoms with E-state index in [2.05, 4.69) is 11.1 Å². The van der Waals surface area contributed by atoms with Gasteiger partial charge in [0.2, 0.25) is 5.88 Å². The Morgan fingerprint density at radius 1 is 1.12 bits per heavy atom. The zero-order valence-corrected chi connectivity index (χ0v) is 18.6. The number of aromatic nitrogens is 1. The smallest absolute Gasteiger partial charge is 0.416 e. The van der Waals surface area contributed by atoms with Crippen LogP contribution in [0.25, 0.3) is 0 Å². The van der Waals surface area contributed by atoms with Crippen LogP contribution >= 0.6 is 0 Å². The van der Waals surface area contributed by atoms with E-state index in [1.54, 1.807) is 11.1 Å². The maximum Gasteiger partial charge on any atom is 0.416 e. The van der Waals surface area contributed by atoms with Crippen LogP contribution in [0, 0.1) is 6.92 Å². The molecule has 7 heteroatoms. The summed E-state index contributed by atoms with van der Waals surface area (Å²) < 4.78 is 45.3. The minimum atomic E-state index is -4.68. The minimum Gasteiger partial charge on any atom is -0.478 e. The molecular formula is C26H27F3N2O2. The molecule has 4 rings (SSSR count). The summed E-state index contributed by atoms with van der Waals surface area (Å²) in [5.41, 5.74) is 4.10. The number of fused-ring (bicyclic) bond motifs is 1. The first-order valence-corrected chi connectivity index (χ1v) is 11.0. The summed E-state index contributed by atoms with van der Waals surface area (Å²) in [5.74, 6) is 0.477. The van der Waals surface area contributed by atoms with E-state index >= 15 is 0 Å². The van der Waals surface area contributed by atoms with Gasteiger partial charge in [-0.3, -0.25) is 0 Å². The van der Waals surface area contributed by atoms with Crippen molar-refractivity contribution < 1.29 is 23.0 Å². The van der Waals surface area contributed by atoms with Gasteiger partial charge in [-0.15, -0.1) is 0 Å². The molecule has 0 bridgehead atoms. The standard InChI is InChI=1S/C26H27F3N2O2/c1-3-33-24-14-20(11-12-30-24)25(15-19-8-6-7-18(2)13-19)17-31(16-23(32)26(27,28)29)22-10-5-4-9-21(22)25/h4-14,23,32H,3,15-17H2,1-2H3/t23-,25?/m1/s1. The lowest BCUT2D eigenvalue weighted by molar-refractivity contribution is -0.200. The van der Waals surface area contributed by atoms with Crippen molar-refractivity contribution in [3.63, 3.8) is 0 Å². The van der Waals surface area contributed by atoms with Gasteiger partial charge in [0.15, 0.2) is 6.10 Å². The van der Waals surface area contributed by atoms with Crippen LogP contribution in [-0.2, 0) is 11.8 Å². The van der Waals surface area contributed by atoms with E-state index in [4.69, 9.17) is 4.74 Å². The first kappa shape index (κ1) is 23.1. The molecule has 174 valence electrons. The lowest BCUT2D eigenvalue weighted by Gasteiger charge is -2.33. The highest BCUT2D eigenvalue weighted by Gasteiger charge is 2.47. The molecule has 1 aliphatic rings. The summed E-state index contributed by atoms with van der Waals surface area (Å²) in [6, 6.07) is 19.4. The van der Waals surface area contributed by atoms with E-state index in [0.717, 1.165) is 22.3 Å². The van der Waals surface area contributed by atoms with Crippen LogP contribution in [0.5, 0.6) is 5.88 Å². The van der Waals surface area contributed by atoms with E-state index in [1.807, 2.05) is 68.4 Å². The fourth-order valence-electron chi connectivity index (χ4n) is 4.73. The van der Waals surface area contributed by atoms with E-state index in [-0.39, 0.29) is 0 Å². The van der Waals surface area contributed by atoms with Crippen molar-refractivity contribution in [2.24, 2.45) is 0 Å². The molecule has 33 heavy (non-hydrogen) atoms. The fraction of sp³-hybridized carbons (Fsp3) is 0.346. The molecule has 0 spiro atoms. The highest BCUT2D eigenvalue weighted by Crippen LogP contribution is 2.48. The maximum atomic E-state index is 13.2. The number of benzene rings is 2. The lowest BCUT2D eigenvalue weighted by atomic mass is 9.72. The number of para-hydroxylation sites is 1. The maximum absolute atomic E-state index is 13.2. The average molecular weight is 457 g/mol. The van der Waals surface area contributed by atoms with E-state index in [9.17, 15) is 18.3 Å². The summed E-state index contributed by atoms with van der Waals surface area (Å²) in [4.78, 5) is 5.93. The van der Waals surface area contributed by atoms with Crippen LogP contribution in [0.1, 0.15) is 29.2 Å². The number of aliphatic hydroxyl groups is 1. The number of hydrogen-bond donors (Lipinski definition) is 1. The van der Waals surface area contributed by atoms with Gasteiger partial charge in [-0.1, -0.05) is 48.0 Å². The van der Waals surface area contributed by atoms with Crippen molar-refractivity contribution in [3.05, 3.63) is 89.1 Å². The monoisotopic (exact) mass is 456 g/mol. The highest BCUT2D eigenvalue weighted by atomic mass is 19.4. The first-order chi connectivity index (χ1) is 15.7. The highest BCUT2D eigenvalue weighted by molar-refractivity contribution is 5.67. The predicted octanol–water partition coefficient (Wildman–Crippen LogP) is 5.06. The molecule has 0 amide bonds. The molecule has 0 saturated carbocycles. The Bertz CT molecular complexity index is 1120. The van der Waals surface area contributed by atoms with E-state index in [0.29, 0.717) is 31.1 Å². The normalized spacial score (nSPS) is 18.8. The van der Waals surface area contributed by atoms with Crippen LogP contribution in [-0.4, -0.2) is 42.1 Å². The van der Waals surface area contributed by atoms with Crippen molar-refractivity contribution in [3.8, 4) is 5.88 Å². The van der Waals surface area contributed by atoms with Crippen molar-refractivity contribution in [2.45, 2.75) is 38.0 Å². The molecule has 2 aromatic carbocycles. The minimum absolute atomic E-state index is 0.295. The number of anilines is 1. The Balaban J connectivity index is 1.84. The second-order valence-corrected chi connectivity index (χ2v) is 8.52. The van der Waals surface area contributed by atoms with Gasteiger partial charge in [-0.25, -0.2) is 4.98 Å². The second kappa shape index (κ2) is 9.06. The third-order valence-electron chi connectivity index (χ3n) is 6.16. The Labute approximate surface area is 191 Å². The molecule has 4 nitrogen and oxygen atoms in total. The molecule has 1 aliphatic heterocycles. The van der Waals surface area contributed by atoms with Gasteiger partial charge in [0.25, 0.3) is 0 Å². The molecule has 0 saturated heterocycles. The van der Waals surface area contributed by atoms with Gasteiger partial charge in [0.05, 0.1) is 13.2 Å². The number of hydrogen-bond acceptors (Lipinski definition) is 4. The number of nitrogens with zero attached hydrogens (tertiary/aromatic N) is 2. The van der Waals surface area contributed by atoms with Gasteiger partial charge in [0, 0.05) is 29.9 Å². The number of aliphatic hydroxyl groups excluding tert-OH is 1. The molecule has 0 aliphatic carbocycles. The molecule has 0 radical (unpaired) electrons. The topological polar surface area (TPSA) is 45.6 Å². The number of alkyl halides is 3. The van der Waals surface area contributed by atoms with Gasteiger partial charge in [-0.2, -0.15) is 13.2 Å². The molecule has 2 atom stereocenters. The zero-order chi connectivity index (χ0) is 23.6. The third-order valence-corrected chi connectivity index (χ3v) is 6.16. The van der Waals surface area contributed by atoms with Crippen LogP contribution in [0.4, 0.5) is 18.9 Å². The van der Waals surface area contributed by atoms with Crippen molar-refractivity contribution in [1.29, 1.82) is 0 Å². The summed E-state index contributed by atoms with van der Waals surface area (Å²) in [6.45, 7) is 4.12.